The molecule has 3 nitrogen and oxygen atoms in total. The van der Waals surface area contributed by atoms with Gasteiger partial charge in [-0.1, -0.05) is 32.0 Å². The summed E-state index contributed by atoms with van der Waals surface area (Å²) in [5.74, 6) is -0.474. The van der Waals surface area contributed by atoms with E-state index in [2.05, 4.69) is 0 Å². The van der Waals surface area contributed by atoms with Crippen LogP contribution in [0.2, 0.25) is 0 Å². The molecule has 0 saturated heterocycles. The fourth-order valence-electron chi connectivity index (χ4n) is 4.14. The third-order valence-corrected chi connectivity index (χ3v) is 5.50. The lowest BCUT2D eigenvalue weighted by Gasteiger charge is -2.39. The number of hydrogen-bond acceptors (Lipinski definition) is 2. The van der Waals surface area contributed by atoms with Gasteiger partial charge in [-0.2, -0.15) is 13.2 Å². The molecule has 0 aliphatic carbocycles. The average Bonchev–Trinajstić information content (AvgIpc) is 2.62. The van der Waals surface area contributed by atoms with Crippen molar-refractivity contribution in [3.05, 3.63) is 81.9 Å². The number of hydrogen-bond donors (Lipinski definition) is 1. The topological polar surface area (TPSA) is 42.2 Å². The predicted octanol–water partition coefficient (Wildman–Crippen LogP) is 5.11. The van der Waals surface area contributed by atoms with Crippen molar-refractivity contribution in [3.8, 4) is 0 Å². The maximum atomic E-state index is 14.1. The second kappa shape index (κ2) is 7.54. The third-order valence-electron chi connectivity index (χ3n) is 5.50. The maximum Gasteiger partial charge on any atom is 0.418 e. The number of benzene rings is 2. The summed E-state index contributed by atoms with van der Waals surface area (Å²) in [6.07, 6.45) is -4.31. The highest BCUT2D eigenvalue weighted by molar-refractivity contribution is 5.78. The van der Waals surface area contributed by atoms with Crippen molar-refractivity contribution in [2.24, 2.45) is 0 Å². The molecular weight excluding hydrogens is 398 g/mol. The van der Waals surface area contributed by atoms with Gasteiger partial charge in [0, 0.05) is 17.6 Å². The van der Waals surface area contributed by atoms with Crippen LogP contribution in [0, 0.1) is 12.7 Å². The molecule has 7 heteroatoms. The summed E-state index contributed by atoms with van der Waals surface area (Å²) in [4.78, 5) is 12.0. The van der Waals surface area contributed by atoms with E-state index in [1.807, 2.05) is 0 Å². The monoisotopic (exact) mass is 421 g/mol. The van der Waals surface area contributed by atoms with Crippen LogP contribution in [0.5, 0.6) is 0 Å². The standard InChI is InChI=1S/C23H23F4NO2/c1-15-12-16(24)8-9-18(15)21(2,3)13-22(30,23(25,26)27)14-28-11-10-20(29)17-6-4-5-7-19(17)28/h4-12,30H,13-14H2,1-3H3. The molecule has 1 N–H and O–H groups in total. The van der Waals surface area contributed by atoms with Gasteiger partial charge in [0.25, 0.3) is 0 Å². The van der Waals surface area contributed by atoms with Crippen molar-refractivity contribution in [1.82, 2.24) is 4.57 Å². The Kier molecular flexibility index (Phi) is 5.54. The molecule has 30 heavy (non-hydrogen) atoms. The number of aromatic nitrogens is 1. The zero-order valence-electron chi connectivity index (χ0n) is 16.9. The molecule has 0 aliphatic rings. The lowest BCUT2D eigenvalue weighted by Crippen LogP contribution is -2.52. The molecule has 3 rings (SSSR count). The van der Waals surface area contributed by atoms with Crippen molar-refractivity contribution in [2.75, 3.05) is 0 Å². The molecule has 0 radical (unpaired) electrons. The molecular formula is C23H23F4NO2. The Balaban J connectivity index is 2.06. The molecule has 0 amide bonds. The first-order chi connectivity index (χ1) is 13.8. The van der Waals surface area contributed by atoms with Gasteiger partial charge in [-0.3, -0.25) is 4.79 Å². The van der Waals surface area contributed by atoms with Gasteiger partial charge in [-0.05, 0) is 54.2 Å². The summed E-state index contributed by atoms with van der Waals surface area (Å²) in [6, 6.07) is 11.4. The maximum absolute atomic E-state index is 14.1. The van der Waals surface area contributed by atoms with Gasteiger partial charge in [-0.25, -0.2) is 4.39 Å². The number of nitrogens with zero attached hydrogens (tertiary/aromatic N) is 1. The Morgan fingerprint density at radius 2 is 1.70 bits per heavy atom. The molecule has 1 unspecified atom stereocenters. The largest absolute Gasteiger partial charge is 0.418 e. The minimum absolute atomic E-state index is 0.276. The highest BCUT2D eigenvalue weighted by atomic mass is 19.4. The summed E-state index contributed by atoms with van der Waals surface area (Å²) >= 11 is 0. The summed E-state index contributed by atoms with van der Waals surface area (Å²) < 4.78 is 57.0. The number of aryl methyl sites for hydroxylation is 1. The number of fused-ring (bicyclic) bond motifs is 1. The van der Waals surface area contributed by atoms with Crippen LogP contribution in [0.1, 0.15) is 31.4 Å². The molecule has 0 bridgehead atoms. The minimum Gasteiger partial charge on any atom is -0.379 e. The first-order valence-electron chi connectivity index (χ1n) is 9.48. The predicted molar refractivity (Wildman–Crippen MR) is 108 cm³/mol. The zero-order chi connectivity index (χ0) is 22.3. The van der Waals surface area contributed by atoms with Crippen molar-refractivity contribution >= 4 is 10.9 Å². The smallest absolute Gasteiger partial charge is 0.379 e. The Morgan fingerprint density at radius 1 is 1.03 bits per heavy atom. The molecule has 0 fully saturated rings. The number of para-hydroxylation sites is 1. The average molecular weight is 421 g/mol. The Labute approximate surface area is 171 Å². The molecule has 1 atom stereocenters. The number of alkyl halides is 3. The van der Waals surface area contributed by atoms with E-state index in [1.54, 1.807) is 39.0 Å². The SMILES string of the molecule is Cc1cc(F)ccc1C(C)(C)CC(O)(Cn1ccc(=O)c2ccccc21)C(F)(F)F. The first kappa shape index (κ1) is 22.0. The van der Waals surface area contributed by atoms with Crippen LogP contribution in [-0.4, -0.2) is 21.5 Å². The molecule has 160 valence electrons. The molecule has 0 saturated carbocycles. The molecule has 1 heterocycles. The van der Waals surface area contributed by atoms with Gasteiger partial charge in [0.15, 0.2) is 11.0 Å². The molecule has 0 aliphatic heterocycles. The van der Waals surface area contributed by atoms with Crippen LogP contribution >= 0.6 is 0 Å². The second-order valence-corrected chi connectivity index (χ2v) is 8.37. The summed E-state index contributed by atoms with van der Waals surface area (Å²) in [5.41, 5.74) is -3.13. The van der Waals surface area contributed by atoms with E-state index in [0.717, 1.165) is 0 Å². The van der Waals surface area contributed by atoms with Crippen LogP contribution in [-0.2, 0) is 12.0 Å². The van der Waals surface area contributed by atoms with E-state index in [9.17, 15) is 27.5 Å². The highest BCUT2D eigenvalue weighted by Crippen LogP contribution is 2.43. The summed E-state index contributed by atoms with van der Waals surface area (Å²) in [7, 11) is 0. The highest BCUT2D eigenvalue weighted by Gasteiger charge is 2.56. The van der Waals surface area contributed by atoms with E-state index in [4.69, 9.17) is 0 Å². The number of halogens is 4. The molecule has 2 aromatic carbocycles. The number of pyridine rings is 1. The van der Waals surface area contributed by atoms with Gasteiger partial charge >= 0.3 is 6.18 Å². The van der Waals surface area contributed by atoms with Crippen LogP contribution in [0.3, 0.4) is 0 Å². The fourth-order valence-corrected chi connectivity index (χ4v) is 4.14. The normalized spacial score (nSPS) is 14.7. The molecule has 0 spiro atoms. The fraction of sp³-hybridized carbons (Fsp3) is 0.348. The van der Waals surface area contributed by atoms with E-state index >= 15 is 0 Å². The van der Waals surface area contributed by atoms with Gasteiger partial charge in [0.1, 0.15) is 5.82 Å². The van der Waals surface area contributed by atoms with Crippen LogP contribution in [0.15, 0.2) is 59.5 Å². The van der Waals surface area contributed by atoms with Gasteiger partial charge in [0.2, 0.25) is 0 Å². The van der Waals surface area contributed by atoms with E-state index in [0.29, 0.717) is 16.6 Å². The molecule has 3 aromatic rings. The minimum atomic E-state index is -4.93. The van der Waals surface area contributed by atoms with Gasteiger partial charge < -0.3 is 9.67 Å². The lowest BCUT2D eigenvalue weighted by atomic mass is 9.73. The Morgan fingerprint density at radius 3 is 2.33 bits per heavy atom. The lowest BCUT2D eigenvalue weighted by molar-refractivity contribution is -0.271. The van der Waals surface area contributed by atoms with Gasteiger partial charge in [0.05, 0.1) is 12.1 Å². The Bertz CT molecular complexity index is 1130. The van der Waals surface area contributed by atoms with E-state index in [1.165, 1.54) is 41.1 Å². The quantitative estimate of drug-likeness (QED) is 0.582. The Hall–Kier alpha value is -2.67. The van der Waals surface area contributed by atoms with Crippen LogP contribution in [0.4, 0.5) is 17.6 Å². The summed E-state index contributed by atoms with van der Waals surface area (Å²) in [5, 5.41) is 11.2. The van der Waals surface area contributed by atoms with Gasteiger partial charge in [-0.15, -0.1) is 0 Å². The molecule has 1 aromatic heterocycles. The second-order valence-electron chi connectivity index (χ2n) is 8.37. The van der Waals surface area contributed by atoms with Crippen LogP contribution < -0.4 is 5.43 Å². The van der Waals surface area contributed by atoms with Crippen molar-refractivity contribution in [2.45, 2.75) is 50.9 Å². The number of rotatable bonds is 5. The van der Waals surface area contributed by atoms with E-state index < -0.39 is 36.0 Å². The summed E-state index contributed by atoms with van der Waals surface area (Å²) in [6.45, 7) is 4.03. The zero-order valence-corrected chi connectivity index (χ0v) is 16.9. The first-order valence-corrected chi connectivity index (χ1v) is 9.48. The third kappa shape index (κ3) is 4.12. The van der Waals surface area contributed by atoms with Crippen molar-refractivity contribution in [1.29, 1.82) is 0 Å². The van der Waals surface area contributed by atoms with Crippen molar-refractivity contribution < 1.29 is 22.7 Å². The van der Waals surface area contributed by atoms with Crippen molar-refractivity contribution in [3.63, 3.8) is 0 Å². The number of aliphatic hydroxyl groups is 1. The van der Waals surface area contributed by atoms with Crippen LogP contribution in [0.25, 0.3) is 10.9 Å². The van der Waals surface area contributed by atoms with E-state index in [-0.39, 0.29) is 10.8 Å².